The number of carboxylic acid groups (broad SMARTS) is 1. The summed E-state index contributed by atoms with van der Waals surface area (Å²) in [6, 6.07) is 2.18. The summed E-state index contributed by atoms with van der Waals surface area (Å²) in [6.07, 6.45) is 4.98. The Balaban J connectivity index is 1.88. The summed E-state index contributed by atoms with van der Waals surface area (Å²) in [4.78, 5) is 10.8. The van der Waals surface area contributed by atoms with Crippen molar-refractivity contribution in [1.29, 1.82) is 0 Å². The van der Waals surface area contributed by atoms with Crippen molar-refractivity contribution >= 4 is 5.97 Å². The Morgan fingerprint density at radius 3 is 2.67 bits per heavy atom. The number of hydrogen-bond acceptors (Lipinski definition) is 3. The smallest absolute Gasteiger partial charge is 0.371 e. The maximum absolute atomic E-state index is 10.8. The van der Waals surface area contributed by atoms with Crippen molar-refractivity contribution < 1.29 is 14.3 Å². The zero-order valence-corrected chi connectivity index (χ0v) is 11.0. The van der Waals surface area contributed by atoms with Crippen molar-refractivity contribution in [2.45, 2.75) is 52.1 Å². The van der Waals surface area contributed by atoms with E-state index in [2.05, 4.69) is 12.2 Å². The fraction of sp³-hybridized carbons (Fsp3) is 0.643. The third-order valence-electron chi connectivity index (χ3n) is 3.83. The Kier molecular flexibility index (Phi) is 4.07. The Morgan fingerprint density at radius 1 is 1.44 bits per heavy atom. The molecule has 0 radical (unpaired) electrons. The highest BCUT2D eigenvalue weighted by Crippen LogP contribution is 2.24. The molecule has 0 amide bonds. The van der Waals surface area contributed by atoms with Gasteiger partial charge in [-0.2, -0.15) is 0 Å². The number of hydrogen-bond donors (Lipinski definition) is 2. The fourth-order valence-electron chi connectivity index (χ4n) is 2.52. The number of carboxylic acids is 1. The Labute approximate surface area is 107 Å². The molecule has 2 rings (SSSR count). The van der Waals surface area contributed by atoms with Crippen molar-refractivity contribution in [3.63, 3.8) is 0 Å². The average molecular weight is 251 g/mol. The summed E-state index contributed by atoms with van der Waals surface area (Å²) in [6.45, 7) is 4.81. The molecule has 1 saturated carbocycles. The molecule has 0 bridgehead atoms. The number of aromatic carboxylic acids is 1. The zero-order valence-electron chi connectivity index (χ0n) is 11.0. The lowest BCUT2D eigenvalue weighted by Crippen LogP contribution is -2.32. The standard InChI is InChI=1S/C14H21NO3/c1-9-3-5-12(6-4-9)15-8-11-7-13(14(16)17)18-10(11)2/h7,9,12,15H,3-6,8H2,1-2H3,(H,16,17). The van der Waals surface area contributed by atoms with Crippen LogP contribution in [0, 0.1) is 12.8 Å². The second-order valence-corrected chi connectivity index (χ2v) is 5.33. The van der Waals surface area contributed by atoms with Crippen molar-refractivity contribution in [2.75, 3.05) is 0 Å². The molecule has 0 saturated heterocycles. The van der Waals surface area contributed by atoms with E-state index in [9.17, 15) is 4.79 Å². The van der Waals surface area contributed by atoms with Gasteiger partial charge in [0.1, 0.15) is 5.76 Å². The molecule has 1 aromatic rings. The van der Waals surface area contributed by atoms with Gasteiger partial charge in [-0.05, 0) is 44.6 Å². The predicted octanol–water partition coefficient (Wildman–Crippen LogP) is 2.95. The van der Waals surface area contributed by atoms with Gasteiger partial charge in [0.25, 0.3) is 0 Å². The summed E-state index contributed by atoms with van der Waals surface area (Å²) >= 11 is 0. The maximum atomic E-state index is 10.8. The van der Waals surface area contributed by atoms with Crippen molar-refractivity contribution in [3.05, 3.63) is 23.2 Å². The van der Waals surface area contributed by atoms with E-state index in [1.54, 1.807) is 6.07 Å². The number of furan rings is 1. The lowest BCUT2D eigenvalue weighted by molar-refractivity contribution is 0.0661. The minimum absolute atomic E-state index is 0.0292. The van der Waals surface area contributed by atoms with Crippen molar-refractivity contribution in [2.24, 2.45) is 5.92 Å². The van der Waals surface area contributed by atoms with Gasteiger partial charge in [0.05, 0.1) is 0 Å². The summed E-state index contributed by atoms with van der Waals surface area (Å²) in [5.74, 6) is 0.568. The lowest BCUT2D eigenvalue weighted by atomic mass is 9.87. The van der Waals surface area contributed by atoms with Gasteiger partial charge >= 0.3 is 5.97 Å². The molecule has 1 heterocycles. The molecule has 0 aliphatic heterocycles. The summed E-state index contributed by atoms with van der Waals surface area (Å²) < 4.78 is 5.19. The van der Waals surface area contributed by atoms with Gasteiger partial charge < -0.3 is 14.8 Å². The van der Waals surface area contributed by atoms with Gasteiger partial charge in [-0.3, -0.25) is 0 Å². The van der Waals surface area contributed by atoms with Crippen LogP contribution in [-0.2, 0) is 6.54 Å². The first-order valence-electron chi connectivity index (χ1n) is 6.62. The first-order chi connectivity index (χ1) is 8.56. The summed E-state index contributed by atoms with van der Waals surface area (Å²) in [5.41, 5.74) is 0.950. The second-order valence-electron chi connectivity index (χ2n) is 5.33. The lowest BCUT2D eigenvalue weighted by Gasteiger charge is -2.26. The van der Waals surface area contributed by atoms with Crippen LogP contribution in [0.4, 0.5) is 0 Å². The van der Waals surface area contributed by atoms with Gasteiger partial charge in [0.2, 0.25) is 5.76 Å². The molecule has 0 atom stereocenters. The molecular weight excluding hydrogens is 230 g/mol. The Hall–Kier alpha value is -1.29. The number of nitrogens with one attached hydrogen (secondary N) is 1. The summed E-state index contributed by atoms with van der Waals surface area (Å²) in [7, 11) is 0. The first kappa shape index (κ1) is 13.1. The molecule has 1 aliphatic carbocycles. The molecule has 0 unspecified atom stereocenters. The molecule has 4 heteroatoms. The Morgan fingerprint density at radius 2 is 2.11 bits per heavy atom. The molecule has 4 nitrogen and oxygen atoms in total. The molecule has 1 fully saturated rings. The van der Waals surface area contributed by atoms with E-state index >= 15 is 0 Å². The molecular formula is C14H21NO3. The van der Waals surface area contributed by atoms with E-state index in [0.717, 1.165) is 11.5 Å². The number of aryl methyl sites for hydroxylation is 1. The maximum Gasteiger partial charge on any atom is 0.371 e. The van der Waals surface area contributed by atoms with Crippen LogP contribution in [0.1, 0.15) is 54.5 Å². The van der Waals surface area contributed by atoms with E-state index in [4.69, 9.17) is 9.52 Å². The van der Waals surface area contributed by atoms with Gasteiger partial charge in [0.15, 0.2) is 0 Å². The van der Waals surface area contributed by atoms with Gasteiger partial charge in [-0.15, -0.1) is 0 Å². The average Bonchev–Trinajstić information content (AvgIpc) is 2.70. The Bertz CT molecular complexity index is 417. The fourth-order valence-corrected chi connectivity index (χ4v) is 2.52. The highest BCUT2D eigenvalue weighted by molar-refractivity contribution is 5.84. The highest BCUT2D eigenvalue weighted by Gasteiger charge is 2.19. The highest BCUT2D eigenvalue weighted by atomic mass is 16.4. The van der Waals surface area contributed by atoms with Crippen LogP contribution in [0.3, 0.4) is 0 Å². The van der Waals surface area contributed by atoms with Crippen molar-refractivity contribution in [3.8, 4) is 0 Å². The largest absolute Gasteiger partial charge is 0.475 e. The first-order valence-corrected chi connectivity index (χ1v) is 6.62. The predicted molar refractivity (Wildman–Crippen MR) is 68.7 cm³/mol. The van der Waals surface area contributed by atoms with Crippen LogP contribution in [0.15, 0.2) is 10.5 Å². The molecule has 100 valence electrons. The molecule has 18 heavy (non-hydrogen) atoms. The van der Waals surface area contributed by atoms with Crippen molar-refractivity contribution in [1.82, 2.24) is 5.32 Å². The molecule has 1 aromatic heterocycles. The van der Waals surface area contributed by atoms with Gasteiger partial charge in [-0.1, -0.05) is 6.92 Å². The molecule has 2 N–H and O–H groups in total. The monoisotopic (exact) mass is 251 g/mol. The third kappa shape index (κ3) is 3.13. The van der Waals surface area contributed by atoms with Gasteiger partial charge in [0, 0.05) is 18.2 Å². The van der Waals surface area contributed by atoms with E-state index < -0.39 is 5.97 Å². The van der Waals surface area contributed by atoms with Crippen LogP contribution in [-0.4, -0.2) is 17.1 Å². The van der Waals surface area contributed by atoms with Crippen LogP contribution in [0.2, 0.25) is 0 Å². The van der Waals surface area contributed by atoms with Crippen LogP contribution < -0.4 is 5.32 Å². The van der Waals surface area contributed by atoms with E-state index in [-0.39, 0.29) is 5.76 Å². The van der Waals surface area contributed by atoms with Crippen LogP contribution in [0.5, 0.6) is 0 Å². The number of rotatable bonds is 4. The second kappa shape index (κ2) is 5.57. The minimum atomic E-state index is -1.00. The quantitative estimate of drug-likeness (QED) is 0.863. The summed E-state index contributed by atoms with van der Waals surface area (Å²) in [5, 5.41) is 12.4. The zero-order chi connectivity index (χ0) is 13.1. The minimum Gasteiger partial charge on any atom is -0.475 e. The topological polar surface area (TPSA) is 62.5 Å². The molecule has 1 aliphatic rings. The van der Waals surface area contributed by atoms with E-state index in [1.165, 1.54) is 25.7 Å². The number of carbonyl (C=O) groups is 1. The van der Waals surface area contributed by atoms with E-state index in [0.29, 0.717) is 18.3 Å². The van der Waals surface area contributed by atoms with Crippen LogP contribution >= 0.6 is 0 Å². The molecule has 0 spiro atoms. The van der Waals surface area contributed by atoms with Crippen LogP contribution in [0.25, 0.3) is 0 Å². The SMILES string of the molecule is Cc1oc(C(=O)O)cc1CNC1CCC(C)CC1. The molecule has 0 aromatic carbocycles. The van der Waals surface area contributed by atoms with Gasteiger partial charge in [-0.25, -0.2) is 4.79 Å². The third-order valence-corrected chi connectivity index (χ3v) is 3.83. The van der Waals surface area contributed by atoms with E-state index in [1.807, 2.05) is 6.92 Å². The normalized spacial score (nSPS) is 24.1.